The lowest BCUT2D eigenvalue weighted by Crippen LogP contribution is -2.41. The van der Waals surface area contributed by atoms with Crippen LogP contribution in [0.1, 0.15) is 53.4 Å². The monoisotopic (exact) mass is 382 g/mol. The molecule has 4 heteroatoms. The van der Waals surface area contributed by atoms with Gasteiger partial charge in [-0.05, 0) is 61.8 Å². The van der Waals surface area contributed by atoms with E-state index in [-0.39, 0.29) is 17.0 Å². The third kappa shape index (κ3) is 4.37. The minimum atomic E-state index is -0.362. The summed E-state index contributed by atoms with van der Waals surface area (Å²) in [6.07, 6.45) is 5.81. The number of hydrogen-bond donors (Lipinski definition) is 0. The van der Waals surface area contributed by atoms with Gasteiger partial charge in [-0.15, -0.1) is 0 Å². The summed E-state index contributed by atoms with van der Waals surface area (Å²) in [4.78, 5) is 23.5. The largest absolute Gasteiger partial charge is 0.489 e. The van der Waals surface area contributed by atoms with E-state index in [1.165, 1.54) is 11.6 Å². The molecule has 0 saturated heterocycles. The van der Waals surface area contributed by atoms with Gasteiger partial charge in [0.15, 0.2) is 0 Å². The van der Waals surface area contributed by atoms with Crippen LogP contribution < -0.4 is 10.4 Å². The standard InChI is InChI=1S/C24H30O4/c1-16(11-13-24(4)17(2)5-9-21(25)18(24)3)12-14-27-20-8-6-19-7-10-23(26)28-22(19)15-20/h6-8,10,12,15,17-18H,5,9,11,13-14H2,1-4H3. The van der Waals surface area contributed by atoms with Crippen LogP contribution in [0.15, 0.2) is 51.2 Å². The van der Waals surface area contributed by atoms with Gasteiger partial charge < -0.3 is 9.15 Å². The van der Waals surface area contributed by atoms with Gasteiger partial charge in [0.05, 0.1) is 0 Å². The summed E-state index contributed by atoms with van der Waals surface area (Å²) in [5.41, 5.74) is 1.51. The summed E-state index contributed by atoms with van der Waals surface area (Å²) in [7, 11) is 0. The summed E-state index contributed by atoms with van der Waals surface area (Å²) < 4.78 is 11.0. The maximum Gasteiger partial charge on any atom is 0.336 e. The van der Waals surface area contributed by atoms with Gasteiger partial charge in [-0.25, -0.2) is 4.79 Å². The summed E-state index contributed by atoms with van der Waals surface area (Å²) >= 11 is 0. The number of ether oxygens (including phenoxy) is 1. The van der Waals surface area contributed by atoms with E-state index >= 15 is 0 Å². The minimum absolute atomic E-state index is 0.0706. The minimum Gasteiger partial charge on any atom is -0.489 e. The SMILES string of the molecule is CC(=CCOc1ccc2ccc(=O)oc2c1)CCC1(C)C(C)CCC(=O)C1C. The highest BCUT2D eigenvalue weighted by Gasteiger charge is 2.42. The Bertz CT molecular complexity index is 939. The van der Waals surface area contributed by atoms with Crippen LogP contribution in [-0.4, -0.2) is 12.4 Å². The fourth-order valence-corrected chi connectivity index (χ4v) is 4.14. The first-order chi connectivity index (χ1) is 13.3. The van der Waals surface area contributed by atoms with Gasteiger partial charge in [0.1, 0.15) is 23.7 Å². The number of allylic oxidation sites excluding steroid dienone is 1. The summed E-state index contributed by atoms with van der Waals surface area (Å²) in [5.74, 6) is 1.79. The summed E-state index contributed by atoms with van der Waals surface area (Å²) in [5, 5.41) is 0.872. The van der Waals surface area contributed by atoms with Crippen molar-refractivity contribution in [1.82, 2.24) is 0 Å². The van der Waals surface area contributed by atoms with Gasteiger partial charge in [-0.3, -0.25) is 4.79 Å². The summed E-state index contributed by atoms with van der Waals surface area (Å²) in [6, 6.07) is 8.67. The lowest BCUT2D eigenvalue weighted by molar-refractivity contribution is -0.132. The number of Topliss-reactive ketones (excluding diaryl/α,β-unsaturated/α-hetero) is 1. The molecule has 1 aliphatic carbocycles. The highest BCUT2D eigenvalue weighted by Crippen LogP contribution is 2.47. The Morgan fingerprint density at radius 1 is 1.25 bits per heavy atom. The quantitative estimate of drug-likeness (QED) is 0.486. The molecule has 0 aliphatic heterocycles. The zero-order valence-electron chi connectivity index (χ0n) is 17.3. The van der Waals surface area contributed by atoms with Crippen LogP contribution >= 0.6 is 0 Å². The van der Waals surface area contributed by atoms with Crippen molar-refractivity contribution in [2.45, 2.75) is 53.4 Å². The highest BCUT2D eigenvalue weighted by atomic mass is 16.5. The Morgan fingerprint density at radius 3 is 2.79 bits per heavy atom. The Hall–Kier alpha value is -2.36. The molecule has 1 aromatic carbocycles. The van der Waals surface area contributed by atoms with Crippen molar-refractivity contribution < 1.29 is 13.9 Å². The third-order valence-corrected chi connectivity index (χ3v) is 6.76. The normalized spacial score (nSPS) is 25.9. The third-order valence-electron chi connectivity index (χ3n) is 6.76. The molecular weight excluding hydrogens is 352 g/mol. The van der Waals surface area contributed by atoms with Crippen molar-refractivity contribution in [2.24, 2.45) is 17.3 Å². The van der Waals surface area contributed by atoms with Gasteiger partial charge in [-0.2, -0.15) is 0 Å². The number of rotatable bonds is 6. The molecule has 0 bridgehead atoms. The van der Waals surface area contributed by atoms with E-state index in [4.69, 9.17) is 9.15 Å². The van der Waals surface area contributed by atoms with E-state index in [1.54, 1.807) is 12.1 Å². The second-order valence-electron chi connectivity index (χ2n) is 8.45. The van der Waals surface area contributed by atoms with Crippen molar-refractivity contribution in [3.05, 3.63) is 52.4 Å². The van der Waals surface area contributed by atoms with E-state index in [9.17, 15) is 9.59 Å². The Labute approximate surface area is 166 Å². The van der Waals surface area contributed by atoms with Crippen molar-refractivity contribution in [1.29, 1.82) is 0 Å². The predicted molar refractivity (Wildman–Crippen MR) is 112 cm³/mol. The van der Waals surface area contributed by atoms with Crippen LogP contribution in [0.4, 0.5) is 0 Å². The first kappa shape index (κ1) is 20.4. The molecule has 1 aromatic heterocycles. The fraction of sp³-hybridized carbons (Fsp3) is 0.500. The van der Waals surface area contributed by atoms with Crippen LogP contribution in [0.25, 0.3) is 11.0 Å². The van der Waals surface area contributed by atoms with E-state index in [1.807, 2.05) is 12.1 Å². The maximum absolute atomic E-state index is 12.2. The molecule has 1 fully saturated rings. The van der Waals surface area contributed by atoms with Crippen LogP contribution in [0, 0.1) is 17.3 Å². The van der Waals surface area contributed by atoms with E-state index in [0.717, 1.165) is 31.1 Å². The molecule has 4 nitrogen and oxygen atoms in total. The van der Waals surface area contributed by atoms with E-state index in [2.05, 4.69) is 33.8 Å². The Kier molecular flexibility index (Phi) is 6.07. The molecule has 3 unspecified atom stereocenters. The average Bonchev–Trinajstić information content (AvgIpc) is 2.68. The van der Waals surface area contributed by atoms with Gasteiger partial charge in [0.25, 0.3) is 0 Å². The van der Waals surface area contributed by atoms with Crippen LogP contribution in [0.5, 0.6) is 5.75 Å². The second kappa shape index (κ2) is 8.34. The van der Waals surface area contributed by atoms with Crippen LogP contribution in [0.3, 0.4) is 0 Å². The number of ketones is 1. The van der Waals surface area contributed by atoms with E-state index < -0.39 is 0 Å². The zero-order valence-corrected chi connectivity index (χ0v) is 17.3. The number of benzene rings is 1. The van der Waals surface area contributed by atoms with Gasteiger partial charge >= 0.3 is 5.63 Å². The fourth-order valence-electron chi connectivity index (χ4n) is 4.14. The topological polar surface area (TPSA) is 56.5 Å². The highest BCUT2D eigenvalue weighted by molar-refractivity contribution is 5.82. The molecule has 0 radical (unpaired) electrons. The second-order valence-corrected chi connectivity index (χ2v) is 8.45. The number of fused-ring (bicyclic) bond motifs is 1. The molecule has 1 aliphatic rings. The van der Waals surface area contributed by atoms with Crippen LogP contribution in [0.2, 0.25) is 0 Å². The molecule has 0 amide bonds. The van der Waals surface area contributed by atoms with Crippen molar-refractivity contribution >= 4 is 16.8 Å². The molecule has 3 atom stereocenters. The number of hydrogen-bond acceptors (Lipinski definition) is 4. The smallest absolute Gasteiger partial charge is 0.336 e. The average molecular weight is 383 g/mol. The molecule has 1 heterocycles. The molecule has 2 aromatic rings. The maximum atomic E-state index is 12.2. The molecule has 0 N–H and O–H groups in total. The number of carbonyl (C=O) groups excluding carboxylic acids is 1. The van der Waals surface area contributed by atoms with E-state index in [0.29, 0.717) is 29.6 Å². The molecule has 150 valence electrons. The predicted octanol–water partition coefficient (Wildman–Crippen LogP) is 5.54. The lowest BCUT2D eigenvalue weighted by Gasteiger charge is -2.44. The van der Waals surface area contributed by atoms with Gasteiger partial charge in [0.2, 0.25) is 0 Å². The Balaban J connectivity index is 1.57. The van der Waals surface area contributed by atoms with Crippen molar-refractivity contribution in [3.63, 3.8) is 0 Å². The first-order valence-electron chi connectivity index (χ1n) is 10.1. The number of carbonyl (C=O) groups is 1. The Morgan fingerprint density at radius 2 is 2.00 bits per heavy atom. The molecule has 3 rings (SSSR count). The summed E-state index contributed by atoms with van der Waals surface area (Å²) in [6.45, 7) is 9.23. The molecular formula is C24H30O4. The first-order valence-corrected chi connectivity index (χ1v) is 10.1. The van der Waals surface area contributed by atoms with Crippen LogP contribution in [-0.2, 0) is 4.79 Å². The van der Waals surface area contributed by atoms with Gasteiger partial charge in [-0.1, -0.05) is 26.3 Å². The van der Waals surface area contributed by atoms with Crippen molar-refractivity contribution in [3.8, 4) is 5.75 Å². The van der Waals surface area contributed by atoms with Crippen molar-refractivity contribution in [2.75, 3.05) is 6.61 Å². The van der Waals surface area contributed by atoms with Gasteiger partial charge in [0, 0.05) is 29.9 Å². The molecule has 1 saturated carbocycles. The zero-order chi connectivity index (χ0) is 20.3. The molecule has 0 spiro atoms. The molecule has 28 heavy (non-hydrogen) atoms. The lowest BCUT2D eigenvalue weighted by atomic mass is 9.59.